The zero-order chi connectivity index (χ0) is 20.2. The minimum absolute atomic E-state index is 0.193. The third kappa shape index (κ3) is 2.48. The molecule has 0 radical (unpaired) electrons. The van der Waals surface area contributed by atoms with Crippen LogP contribution in [0.3, 0.4) is 0 Å². The molecule has 0 spiro atoms. The van der Waals surface area contributed by atoms with Gasteiger partial charge < -0.3 is 10.5 Å². The lowest BCUT2D eigenvalue weighted by atomic mass is 9.64. The first-order valence-corrected chi connectivity index (χ1v) is 11.0. The number of ether oxygens (including phenoxy) is 1. The van der Waals surface area contributed by atoms with Crippen molar-refractivity contribution < 1.29 is 4.74 Å². The van der Waals surface area contributed by atoms with Gasteiger partial charge in [0.15, 0.2) is 5.60 Å². The summed E-state index contributed by atoms with van der Waals surface area (Å²) in [6.45, 7) is 4.98. The van der Waals surface area contributed by atoms with Crippen molar-refractivity contribution in [2.45, 2.75) is 37.2 Å². The van der Waals surface area contributed by atoms with E-state index in [1.807, 2.05) is 6.20 Å². The van der Waals surface area contributed by atoms with Crippen LogP contribution in [0.1, 0.15) is 41.6 Å². The molecule has 2 N–H and O–H groups in total. The van der Waals surface area contributed by atoms with Crippen LogP contribution in [0.2, 0.25) is 0 Å². The zero-order valence-corrected chi connectivity index (χ0v) is 18.3. The first-order valence-electron chi connectivity index (χ1n) is 10.2. The topological polar surface area (TPSA) is 48.1 Å². The summed E-state index contributed by atoms with van der Waals surface area (Å²) in [6.07, 6.45) is 2.93. The first-order chi connectivity index (χ1) is 14.0. The van der Waals surface area contributed by atoms with Crippen LogP contribution in [0.4, 0.5) is 0 Å². The number of benzene rings is 2. The van der Waals surface area contributed by atoms with Crippen molar-refractivity contribution >= 4 is 15.9 Å². The van der Waals surface area contributed by atoms with Gasteiger partial charge in [-0.15, -0.1) is 0 Å². The summed E-state index contributed by atoms with van der Waals surface area (Å²) in [5, 5.41) is 0. The number of nitrogens with two attached hydrogens (primary N) is 1. The molecule has 1 fully saturated rings. The molecule has 3 aromatic rings. The maximum Gasteiger partial charge on any atom is 0.152 e. The molecule has 148 valence electrons. The highest BCUT2D eigenvalue weighted by atomic mass is 79.9. The van der Waals surface area contributed by atoms with Gasteiger partial charge in [0.1, 0.15) is 5.75 Å². The Balaban J connectivity index is 1.81. The van der Waals surface area contributed by atoms with Gasteiger partial charge in [-0.3, -0.25) is 4.98 Å². The number of hydrogen-bond donors (Lipinski definition) is 1. The monoisotopic (exact) mass is 448 g/mol. The van der Waals surface area contributed by atoms with Gasteiger partial charge in [0.2, 0.25) is 0 Å². The largest absolute Gasteiger partial charge is 0.479 e. The summed E-state index contributed by atoms with van der Waals surface area (Å²) in [5.41, 5.74) is 10.2. The van der Waals surface area contributed by atoms with E-state index in [1.165, 1.54) is 11.1 Å². The second kappa shape index (κ2) is 6.68. The van der Waals surface area contributed by atoms with Crippen LogP contribution in [-0.2, 0) is 11.0 Å². The van der Waals surface area contributed by atoms with Gasteiger partial charge in [-0.2, -0.15) is 0 Å². The van der Waals surface area contributed by atoms with Crippen LogP contribution in [0.5, 0.6) is 5.75 Å². The summed E-state index contributed by atoms with van der Waals surface area (Å²) in [7, 11) is 0. The van der Waals surface area contributed by atoms with Crippen LogP contribution in [-0.4, -0.2) is 11.5 Å². The molecule has 1 saturated carbocycles. The molecule has 0 unspecified atom stereocenters. The summed E-state index contributed by atoms with van der Waals surface area (Å²) in [4.78, 5) is 4.90. The molecule has 1 aliphatic heterocycles. The lowest BCUT2D eigenvalue weighted by Gasteiger charge is -2.42. The fraction of sp³-hybridized carbons (Fsp3) is 0.320. The van der Waals surface area contributed by atoms with Crippen LogP contribution in [0.15, 0.2) is 71.3 Å². The SMILES string of the molecule is Cc1cnc2c(c1)O[C@@]1(c3ccc(Br)cc3)[C@H](c3ccccc3)C[C@H](CN)[C@@]21C. The van der Waals surface area contributed by atoms with Crippen molar-refractivity contribution in [3.05, 3.63) is 93.7 Å². The van der Waals surface area contributed by atoms with Crippen molar-refractivity contribution in [1.82, 2.24) is 4.98 Å². The number of aryl methyl sites for hydroxylation is 1. The molecule has 29 heavy (non-hydrogen) atoms. The molecule has 5 rings (SSSR count). The Morgan fingerprint density at radius 3 is 2.55 bits per heavy atom. The first kappa shape index (κ1) is 18.8. The summed E-state index contributed by atoms with van der Waals surface area (Å²) in [5.74, 6) is 1.36. The predicted molar refractivity (Wildman–Crippen MR) is 119 cm³/mol. The maximum absolute atomic E-state index is 6.99. The molecule has 4 atom stereocenters. The number of pyridine rings is 1. The van der Waals surface area contributed by atoms with E-state index >= 15 is 0 Å². The second-order valence-electron chi connectivity index (χ2n) is 8.54. The number of aromatic nitrogens is 1. The highest BCUT2D eigenvalue weighted by Crippen LogP contribution is 2.69. The van der Waals surface area contributed by atoms with Crippen LogP contribution < -0.4 is 10.5 Å². The lowest BCUT2D eigenvalue weighted by molar-refractivity contribution is 0.0168. The van der Waals surface area contributed by atoms with Crippen LogP contribution in [0, 0.1) is 12.8 Å². The molecule has 0 bridgehead atoms. The predicted octanol–water partition coefficient (Wildman–Crippen LogP) is 5.46. The van der Waals surface area contributed by atoms with Gasteiger partial charge in [0, 0.05) is 16.6 Å². The zero-order valence-electron chi connectivity index (χ0n) is 16.7. The number of fused-ring (bicyclic) bond motifs is 3. The molecule has 2 heterocycles. The van der Waals surface area contributed by atoms with Crippen molar-refractivity contribution in [2.75, 3.05) is 6.54 Å². The number of nitrogens with zero attached hydrogens (tertiary/aromatic N) is 1. The van der Waals surface area contributed by atoms with E-state index in [2.05, 4.69) is 90.4 Å². The average molecular weight is 449 g/mol. The third-order valence-electron chi connectivity index (χ3n) is 7.11. The molecular weight excluding hydrogens is 424 g/mol. The molecule has 2 aliphatic rings. The Morgan fingerprint density at radius 2 is 1.86 bits per heavy atom. The summed E-state index contributed by atoms with van der Waals surface area (Å²) >= 11 is 3.59. The Hall–Kier alpha value is -2.17. The number of hydrogen-bond acceptors (Lipinski definition) is 3. The second-order valence-corrected chi connectivity index (χ2v) is 9.45. The molecule has 1 aromatic heterocycles. The van der Waals surface area contributed by atoms with E-state index in [9.17, 15) is 0 Å². The number of rotatable bonds is 3. The molecular formula is C25H25BrN2O. The smallest absolute Gasteiger partial charge is 0.152 e. The van der Waals surface area contributed by atoms with Gasteiger partial charge in [-0.05, 0) is 67.6 Å². The van der Waals surface area contributed by atoms with E-state index in [-0.39, 0.29) is 17.3 Å². The Kier molecular flexibility index (Phi) is 4.34. The van der Waals surface area contributed by atoms with Gasteiger partial charge >= 0.3 is 0 Å². The van der Waals surface area contributed by atoms with Crippen molar-refractivity contribution in [3.8, 4) is 5.75 Å². The number of halogens is 1. The van der Waals surface area contributed by atoms with E-state index < -0.39 is 5.60 Å². The van der Waals surface area contributed by atoms with E-state index in [0.29, 0.717) is 6.54 Å². The highest BCUT2D eigenvalue weighted by Gasteiger charge is 2.70. The molecule has 0 amide bonds. The van der Waals surface area contributed by atoms with Gasteiger partial charge in [0.25, 0.3) is 0 Å². The summed E-state index contributed by atoms with van der Waals surface area (Å²) in [6, 6.07) is 21.4. The van der Waals surface area contributed by atoms with Gasteiger partial charge in [0.05, 0.1) is 11.1 Å². The Bertz CT molecular complexity index is 1050. The fourth-order valence-corrected chi connectivity index (χ4v) is 5.99. The molecule has 4 heteroatoms. The van der Waals surface area contributed by atoms with E-state index in [1.54, 1.807) is 0 Å². The van der Waals surface area contributed by atoms with E-state index in [0.717, 1.165) is 27.9 Å². The molecule has 0 saturated heterocycles. The third-order valence-corrected chi connectivity index (χ3v) is 7.64. The average Bonchev–Trinajstić information content (AvgIpc) is 3.13. The molecule has 3 nitrogen and oxygen atoms in total. The highest BCUT2D eigenvalue weighted by molar-refractivity contribution is 9.10. The Morgan fingerprint density at radius 1 is 1.14 bits per heavy atom. The minimum Gasteiger partial charge on any atom is -0.479 e. The quantitative estimate of drug-likeness (QED) is 0.578. The van der Waals surface area contributed by atoms with E-state index in [4.69, 9.17) is 15.5 Å². The Labute approximate surface area is 180 Å². The lowest BCUT2D eigenvalue weighted by Crippen LogP contribution is -2.49. The molecule has 2 aromatic carbocycles. The molecule has 1 aliphatic carbocycles. The maximum atomic E-state index is 6.99. The standard InChI is InChI=1S/C25H25BrN2O/c1-16-12-22-23(28-15-16)24(2)19(14-27)13-21(17-6-4-3-5-7-17)25(24,29-22)18-8-10-20(26)11-9-18/h3-12,15,19,21H,13-14,27H2,1-2H3/t19-,21+,24+,25+/m1/s1. The normalized spacial score (nSPS) is 29.9. The van der Waals surface area contributed by atoms with Crippen molar-refractivity contribution in [3.63, 3.8) is 0 Å². The summed E-state index contributed by atoms with van der Waals surface area (Å²) < 4.78 is 8.06. The van der Waals surface area contributed by atoms with Crippen molar-refractivity contribution in [2.24, 2.45) is 11.7 Å². The van der Waals surface area contributed by atoms with Crippen LogP contribution in [0.25, 0.3) is 0 Å². The van der Waals surface area contributed by atoms with Crippen LogP contribution >= 0.6 is 15.9 Å². The fourth-order valence-electron chi connectivity index (χ4n) is 5.73. The van der Waals surface area contributed by atoms with Gasteiger partial charge in [-0.25, -0.2) is 0 Å². The minimum atomic E-state index is -0.539. The van der Waals surface area contributed by atoms with Gasteiger partial charge in [-0.1, -0.05) is 58.4 Å². The van der Waals surface area contributed by atoms with Crippen molar-refractivity contribution in [1.29, 1.82) is 0 Å².